The van der Waals surface area contributed by atoms with E-state index in [4.69, 9.17) is 16.7 Å². The van der Waals surface area contributed by atoms with Crippen LogP contribution in [0.2, 0.25) is 5.15 Å². The van der Waals surface area contributed by atoms with Crippen LogP contribution < -0.4 is 5.32 Å². The lowest BCUT2D eigenvalue weighted by Crippen LogP contribution is -2.21. The Balaban J connectivity index is 2.17. The molecule has 94 valence electrons. The summed E-state index contributed by atoms with van der Waals surface area (Å²) in [5.74, 6) is 0.317. The molecule has 1 aliphatic rings. The van der Waals surface area contributed by atoms with Gasteiger partial charge in [0.2, 0.25) is 5.95 Å². The van der Waals surface area contributed by atoms with Crippen LogP contribution in [0.3, 0.4) is 0 Å². The monoisotopic (exact) mass is 266 g/mol. The van der Waals surface area contributed by atoms with Gasteiger partial charge in [0.15, 0.2) is 5.65 Å². The van der Waals surface area contributed by atoms with Crippen LogP contribution in [0.5, 0.6) is 0 Å². The van der Waals surface area contributed by atoms with Crippen LogP contribution in [0.1, 0.15) is 25.3 Å². The van der Waals surface area contributed by atoms with Crippen LogP contribution in [0, 0.1) is 0 Å². The van der Waals surface area contributed by atoms with Gasteiger partial charge in [-0.2, -0.15) is 0 Å². The van der Waals surface area contributed by atoms with Crippen molar-refractivity contribution in [2.75, 3.05) is 5.32 Å². The Kier molecular flexibility index (Phi) is 2.59. The number of carbonyl (C=O) groups is 1. The zero-order valence-electron chi connectivity index (χ0n) is 9.43. The lowest BCUT2D eigenvalue weighted by Gasteiger charge is -2.28. The molecule has 0 unspecified atom stereocenters. The molecule has 2 N–H and O–H groups in total. The summed E-state index contributed by atoms with van der Waals surface area (Å²) < 4.78 is 1.83. The van der Waals surface area contributed by atoms with E-state index in [9.17, 15) is 4.79 Å². The Bertz CT molecular complexity index is 621. The van der Waals surface area contributed by atoms with Crippen LogP contribution in [0.15, 0.2) is 12.1 Å². The van der Waals surface area contributed by atoms with Gasteiger partial charge in [-0.3, -0.25) is 9.88 Å². The number of hydrogen-bond acceptors (Lipinski definition) is 3. The number of rotatable bonds is 2. The van der Waals surface area contributed by atoms with Gasteiger partial charge in [0.25, 0.3) is 0 Å². The van der Waals surface area contributed by atoms with Gasteiger partial charge in [-0.25, -0.2) is 14.8 Å². The molecule has 0 aromatic carbocycles. The highest BCUT2D eigenvalue weighted by atomic mass is 35.5. The van der Waals surface area contributed by atoms with Crippen molar-refractivity contribution in [1.82, 2.24) is 14.5 Å². The highest BCUT2D eigenvalue weighted by Gasteiger charge is 2.26. The van der Waals surface area contributed by atoms with E-state index in [0.717, 1.165) is 19.3 Å². The molecule has 0 atom stereocenters. The topological polar surface area (TPSA) is 80.0 Å². The van der Waals surface area contributed by atoms with E-state index in [2.05, 4.69) is 15.3 Å². The first-order valence-electron chi connectivity index (χ1n) is 5.69. The van der Waals surface area contributed by atoms with E-state index in [1.807, 2.05) is 4.57 Å². The van der Waals surface area contributed by atoms with Crippen molar-refractivity contribution in [3.05, 3.63) is 17.3 Å². The first-order chi connectivity index (χ1) is 8.65. The van der Waals surface area contributed by atoms with Gasteiger partial charge in [-0.15, -0.1) is 0 Å². The zero-order chi connectivity index (χ0) is 12.7. The summed E-state index contributed by atoms with van der Waals surface area (Å²) in [6.07, 6.45) is 2.02. The lowest BCUT2D eigenvalue weighted by molar-refractivity contribution is 0.209. The Hall–Kier alpha value is -1.82. The molecule has 1 fully saturated rings. The summed E-state index contributed by atoms with van der Waals surface area (Å²) in [5, 5.41) is 11.5. The molecular formula is C11H11ClN4O2. The third-order valence-corrected chi connectivity index (χ3v) is 3.37. The molecule has 0 radical (unpaired) electrons. The van der Waals surface area contributed by atoms with Crippen molar-refractivity contribution in [2.24, 2.45) is 0 Å². The minimum Gasteiger partial charge on any atom is -0.465 e. The number of nitrogens with zero attached hydrogens (tertiary/aromatic N) is 3. The van der Waals surface area contributed by atoms with Crippen LogP contribution in [-0.4, -0.2) is 25.7 Å². The highest BCUT2D eigenvalue weighted by molar-refractivity contribution is 6.29. The second-order valence-electron chi connectivity index (χ2n) is 4.30. The summed E-state index contributed by atoms with van der Waals surface area (Å²) in [6.45, 7) is 0. The number of anilines is 1. The van der Waals surface area contributed by atoms with Crippen LogP contribution in [0.25, 0.3) is 11.2 Å². The third kappa shape index (κ3) is 1.78. The minimum absolute atomic E-state index is 0.253. The van der Waals surface area contributed by atoms with Gasteiger partial charge in [-0.05, 0) is 31.4 Å². The quantitative estimate of drug-likeness (QED) is 0.819. The van der Waals surface area contributed by atoms with Crippen molar-refractivity contribution >= 4 is 34.8 Å². The van der Waals surface area contributed by atoms with Crippen molar-refractivity contribution in [2.45, 2.75) is 25.3 Å². The van der Waals surface area contributed by atoms with E-state index in [-0.39, 0.29) is 6.04 Å². The average molecular weight is 267 g/mol. The SMILES string of the molecule is O=C(O)Nc1nc2ccc(Cl)nc2n1C1CCC1. The smallest absolute Gasteiger partial charge is 0.411 e. The van der Waals surface area contributed by atoms with Crippen molar-refractivity contribution in [3.8, 4) is 0 Å². The lowest BCUT2D eigenvalue weighted by atomic mass is 9.93. The number of hydrogen-bond donors (Lipinski definition) is 2. The van der Waals surface area contributed by atoms with Gasteiger partial charge < -0.3 is 5.11 Å². The van der Waals surface area contributed by atoms with Gasteiger partial charge in [-0.1, -0.05) is 11.6 Å². The molecule has 0 bridgehead atoms. The number of amides is 1. The Morgan fingerprint density at radius 3 is 2.83 bits per heavy atom. The third-order valence-electron chi connectivity index (χ3n) is 3.16. The normalized spacial score (nSPS) is 15.6. The van der Waals surface area contributed by atoms with E-state index in [1.54, 1.807) is 12.1 Å². The van der Waals surface area contributed by atoms with Crippen molar-refractivity contribution in [3.63, 3.8) is 0 Å². The molecule has 1 amide bonds. The van der Waals surface area contributed by atoms with E-state index >= 15 is 0 Å². The Morgan fingerprint density at radius 2 is 2.22 bits per heavy atom. The number of imidazole rings is 1. The van der Waals surface area contributed by atoms with E-state index in [0.29, 0.717) is 22.3 Å². The zero-order valence-corrected chi connectivity index (χ0v) is 10.2. The fourth-order valence-corrected chi connectivity index (χ4v) is 2.27. The fourth-order valence-electron chi connectivity index (χ4n) is 2.13. The molecule has 2 heterocycles. The average Bonchev–Trinajstić information content (AvgIpc) is 2.54. The predicted octanol–water partition coefficient (Wildman–Crippen LogP) is 2.90. The van der Waals surface area contributed by atoms with Gasteiger partial charge in [0, 0.05) is 6.04 Å². The molecule has 0 saturated heterocycles. The summed E-state index contributed by atoms with van der Waals surface area (Å²) in [4.78, 5) is 19.3. The number of pyridine rings is 1. The summed E-state index contributed by atoms with van der Waals surface area (Å²) in [5.41, 5.74) is 1.28. The maximum atomic E-state index is 10.8. The number of halogens is 1. The molecule has 18 heavy (non-hydrogen) atoms. The molecule has 6 nitrogen and oxygen atoms in total. The standard InChI is InChI=1S/C11H11ClN4O2/c12-8-5-4-7-9(14-8)16(6-2-1-3-6)10(13-7)15-11(17)18/h4-6H,1-3H2,(H,13,15)(H,17,18). The second kappa shape index (κ2) is 4.13. The van der Waals surface area contributed by atoms with Crippen molar-refractivity contribution < 1.29 is 9.90 Å². The van der Waals surface area contributed by atoms with Crippen LogP contribution >= 0.6 is 11.6 Å². The first kappa shape index (κ1) is 11.3. The van der Waals surface area contributed by atoms with Crippen LogP contribution in [0.4, 0.5) is 10.7 Å². The molecule has 1 saturated carbocycles. The predicted molar refractivity (Wildman–Crippen MR) is 67.1 cm³/mol. The van der Waals surface area contributed by atoms with Gasteiger partial charge >= 0.3 is 6.09 Å². The summed E-state index contributed by atoms with van der Waals surface area (Å²) in [6, 6.07) is 3.64. The number of carboxylic acid groups (broad SMARTS) is 1. The molecular weight excluding hydrogens is 256 g/mol. The summed E-state index contributed by atoms with van der Waals surface area (Å²) >= 11 is 5.88. The molecule has 0 spiro atoms. The molecule has 7 heteroatoms. The number of aromatic nitrogens is 3. The molecule has 3 rings (SSSR count). The second-order valence-corrected chi connectivity index (χ2v) is 4.68. The number of nitrogens with one attached hydrogen (secondary N) is 1. The van der Waals surface area contributed by atoms with Crippen LogP contribution in [-0.2, 0) is 0 Å². The van der Waals surface area contributed by atoms with Crippen molar-refractivity contribution in [1.29, 1.82) is 0 Å². The highest BCUT2D eigenvalue weighted by Crippen LogP contribution is 2.36. The molecule has 2 aromatic heterocycles. The minimum atomic E-state index is -1.13. The molecule has 0 aliphatic heterocycles. The summed E-state index contributed by atoms with van der Waals surface area (Å²) in [7, 11) is 0. The molecule has 1 aliphatic carbocycles. The first-order valence-corrected chi connectivity index (χ1v) is 6.07. The Labute approximate surface area is 108 Å². The largest absolute Gasteiger partial charge is 0.465 e. The maximum absolute atomic E-state index is 10.8. The number of fused-ring (bicyclic) bond motifs is 1. The van der Waals surface area contributed by atoms with E-state index in [1.165, 1.54) is 0 Å². The fraction of sp³-hybridized carbons (Fsp3) is 0.364. The maximum Gasteiger partial charge on any atom is 0.411 e. The van der Waals surface area contributed by atoms with Gasteiger partial charge in [0.1, 0.15) is 10.7 Å². The van der Waals surface area contributed by atoms with E-state index < -0.39 is 6.09 Å². The Morgan fingerprint density at radius 1 is 1.44 bits per heavy atom. The van der Waals surface area contributed by atoms with Gasteiger partial charge in [0.05, 0.1) is 0 Å². The molecule has 2 aromatic rings.